The van der Waals surface area contributed by atoms with E-state index in [2.05, 4.69) is 16.6 Å². The van der Waals surface area contributed by atoms with Gasteiger partial charge in [-0.05, 0) is 44.3 Å². The van der Waals surface area contributed by atoms with E-state index in [1.807, 2.05) is 13.8 Å². The number of halogens is 3. The van der Waals surface area contributed by atoms with E-state index >= 15 is 0 Å². The number of alkyl halides is 3. The largest absolute Gasteiger partial charge is 0.318 e. The predicted molar refractivity (Wildman–Crippen MR) is 103 cm³/mol. The van der Waals surface area contributed by atoms with Crippen molar-refractivity contribution in [1.29, 1.82) is 0 Å². The maximum Gasteiger partial charge on any atom is 0.318 e. The molecule has 0 spiro atoms. The number of aliphatic imine (C=N–C) groups is 1. The molecule has 2 aromatic rings. The maximum atomic E-state index is 13.5. The molecule has 2 rings (SSSR count). The van der Waals surface area contributed by atoms with Crippen LogP contribution in [-0.4, -0.2) is 37.4 Å². The molecule has 0 aliphatic heterocycles. The smallest absolute Gasteiger partial charge is 0.303 e. The molecule has 1 aromatic heterocycles. The third-order valence-electron chi connectivity index (χ3n) is 3.46. The highest BCUT2D eigenvalue weighted by Gasteiger charge is 2.35. The lowest BCUT2D eigenvalue weighted by atomic mass is 10.3. The number of hydrogen-bond donors (Lipinski definition) is 1. The van der Waals surface area contributed by atoms with Crippen LogP contribution in [0.2, 0.25) is 0 Å². The molecule has 2 N–H and O–H groups in total. The molecule has 0 unspecified atom stereocenters. The topological polar surface area (TPSA) is 90.3 Å². The molecule has 6 nitrogen and oxygen atoms in total. The summed E-state index contributed by atoms with van der Waals surface area (Å²) in [6.45, 7) is 6.51. The molecular weight excluding hydrogens is 393 g/mol. The molecule has 0 amide bonds. The molecule has 0 bridgehead atoms. The predicted octanol–water partition coefficient (Wildman–Crippen LogP) is 3.41. The van der Waals surface area contributed by atoms with Gasteiger partial charge in [0.1, 0.15) is 11.5 Å². The zero-order chi connectivity index (χ0) is 21.4. The molecule has 154 valence electrons. The summed E-state index contributed by atoms with van der Waals surface area (Å²) < 4.78 is 63.2. The Labute approximate surface area is 162 Å². The first-order valence-corrected chi connectivity index (χ1v) is 9.86. The molecule has 1 heterocycles. The van der Waals surface area contributed by atoms with Crippen LogP contribution in [0.1, 0.15) is 25.4 Å². The minimum atomic E-state index is -3.85. The molecule has 0 fully saturated rings. The van der Waals surface area contributed by atoms with Crippen molar-refractivity contribution in [1.82, 2.24) is 9.55 Å². The average Bonchev–Trinajstić information content (AvgIpc) is 3.07. The Morgan fingerprint density at radius 3 is 2.32 bits per heavy atom. The van der Waals surface area contributed by atoms with Crippen molar-refractivity contribution in [3.8, 4) is 5.69 Å². The first-order chi connectivity index (χ1) is 13.1. The summed E-state index contributed by atoms with van der Waals surface area (Å²) >= 11 is 0. The van der Waals surface area contributed by atoms with Gasteiger partial charge in [-0.3, -0.25) is 4.99 Å². The number of sulfonamides is 1. The number of rotatable bonds is 7. The van der Waals surface area contributed by atoms with Gasteiger partial charge in [-0.15, -0.1) is 6.58 Å². The molecule has 0 aliphatic rings. The highest BCUT2D eigenvalue weighted by molar-refractivity contribution is 7.89. The number of hydrogen-bond acceptors (Lipinski definition) is 4. The molecule has 0 atom stereocenters. The first kappa shape index (κ1) is 23.6. The summed E-state index contributed by atoms with van der Waals surface area (Å²) in [6, 6.07) is 5.28. The van der Waals surface area contributed by atoms with Gasteiger partial charge in [0, 0.05) is 24.8 Å². The van der Waals surface area contributed by atoms with Gasteiger partial charge in [-0.2, -0.15) is 8.78 Å². The van der Waals surface area contributed by atoms with Gasteiger partial charge in [-0.1, -0.05) is 6.08 Å². The highest BCUT2D eigenvalue weighted by atomic mass is 32.2. The Bertz CT molecular complexity index is 907. The zero-order valence-corrected chi connectivity index (χ0v) is 16.5. The van der Waals surface area contributed by atoms with Gasteiger partial charge in [0.25, 0.3) is 0 Å². The lowest BCUT2D eigenvalue weighted by Crippen LogP contribution is -2.16. The van der Waals surface area contributed by atoms with Crippen molar-refractivity contribution in [2.75, 3.05) is 13.2 Å². The van der Waals surface area contributed by atoms with Crippen LogP contribution in [0.15, 0.2) is 53.0 Å². The fourth-order valence-electron chi connectivity index (χ4n) is 2.14. The van der Waals surface area contributed by atoms with E-state index in [0.717, 1.165) is 12.7 Å². The highest BCUT2D eigenvalue weighted by Crippen LogP contribution is 2.29. The second-order valence-corrected chi connectivity index (χ2v) is 7.10. The van der Waals surface area contributed by atoms with E-state index in [4.69, 9.17) is 5.14 Å². The number of nitrogens with zero attached hydrogens (tertiary/aromatic N) is 3. The van der Waals surface area contributed by atoms with E-state index in [1.54, 1.807) is 6.21 Å². The van der Waals surface area contributed by atoms with E-state index in [1.165, 1.54) is 34.9 Å². The van der Waals surface area contributed by atoms with E-state index in [9.17, 15) is 21.6 Å². The normalized spacial score (nSPS) is 11.9. The van der Waals surface area contributed by atoms with Gasteiger partial charge >= 0.3 is 5.92 Å². The fraction of sp³-hybridized carbons (Fsp3) is 0.333. The summed E-state index contributed by atoms with van der Waals surface area (Å²) in [5.74, 6) is -3.46. The van der Waals surface area contributed by atoms with Gasteiger partial charge in [0.05, 0.1) is 4.90 Å². The molecular formula is C18H23F3N4O2S. The Balaban J connectivity index is 0.000000696. The number of primary sulfonamides is 1. The van der Waals surface area contributed by atoms with Crippen LogP contribution < -0.4 is 5.14 Å². The second-order valence-electron chi connectivity index (χ2n) is 5.54. The van der Waals surface area contributed by atoms with Gasteiger partial charge in [0.2, 0.25) is 10.0 Å². The molecule has 10 heteroatoms. The monoisotopic (exact) mass is 416 g/mol. The van der Waals surface area contributed by atoms with Crippen LogP contribution in [0.3, 0.4) is 0 Å². The Hall–Kier alpha value is -2.46. The van der Waals surface area contributed by atoms with E-state index in [-0.39, 0.29) is 17.1 Å². The lowest BCUT2D eigenvalue weighted by Gasteiger charge is -2.08. The Morgan fingerprint density at radius 2 is 1.93 bits per heavy atom. The summed E-state index contributed by atoms with van der Waals surface area (Å²) in [7, 11) is -3.85. The first-order valence-electron chi connectivity index (χ1n) is 8.31. The Kier molecular flexibility index (Phi) is 8.58. The molecule has 0 saturated heterocycles. The van der Waals surface area contributed by atoms with Crippen LogP contribution in [0, 0.1) is 0 Å². The minimum absolute atomic E-state index is 0.110. The van der Waals surface area contributed by atoms with Crippen LogP contribution in [0.25, 0.3) is 5.69 Å². The third-order valence-corrected chi connectivity index (χ3v) is 4.39. The lowest BCUT2D eigenvalue weighted by molar-refractivity contribution is -0.0319. The number of imidazole rings is 1. The summed E-state index contributed by atoms with van der Waals surface area (Å²) in [5, 5.41) is 5.00. The summed E-state index contributed by atoms with van der Waals surface area (Å²) in [6.07, 6.45) is 4.47. The average molecular weight is 416 g/mol. The van der Waals surface area contributed by atoms with Crippen LogP contribution in [0.4, 0.5) is 13.2 Å². The van der Waals surface area contributed by atoms with Gasteiger partial charge in [-0.25, -0.2) is 22.9 Å². The van der Waals surface area contributed by atoms with Gasteiger partial charge < -0.3 is 4.57 Å². The van der Waals surface area contributed by atoms with Crippen molar-refractivity contribution in [3.63, 3.8) is 0 Å². The van der Waals surface area contributed by atoms with Crippen molar-refractivity contribution < 1.29 is 21.6 Å². The van der Waals surface area contributed by atoms with Crippen molar-refractivity contribution in [2.24, 2.45) is 10.1 Å². The fourth-order valence-corrected chi connectivity index (χ4v) is 2.65. The zero-order valence-electron chi connectivity index (χ0n) is 15.6. The van der Waals surface area contributed by atoms with Crippen molar-refractivity contribution >= 4 is 16.2 Å². The van der Waals surface area contributed by atoms with Gasteiger partial charge in [0.15, 0.2) is 6.67 Å². The number of allylic oxidation sites excluding steroid dienone is 1. The van der Waals surface area contributed by atoms with E-state index in [0.29, 0.717) is 5.69 Å². The number of aromatic nitrogens is 2. The molecule has 0 saturated carbocycles. The standard InChI is InChI=1S/C14H14F3N3O2S.C4H9N/c1-2-3-13-19-12(14(16,17)9-15)8-20(13)10-4-6-11(7-5-10)23(18,21)22;1-3-5-4-2/h2,4-8H,1,3,9H2,(H2,18,21,22);3H,4H2,1-2H3. The van der Waals surface area contributed by atoms with Crippen LogP contribution in [-0.2, 0) is 22.4 Å². The number of benzene rings is 1. The Morgan fingerprint density at radius 1 is 1.32 bits per heavy atom. The van der Waals surface area contributed by atoms with Crippen molar-refractivity contribution in [2.45, 2.75) is 31.1 Å². The quantitative estimate of drug-likeness (QED) is 0.554. The molecule has 1 aromatic carbocycles. The second kappa shape index (κ2) is 10.2. The third kappa shape index (κ3) is 6.31. The van der Waals surface area contributed by atoms with E-state index < -0.39 is 28.3 Å². The minimum Gasteiger partial charge on any atom is -0.303 e. The molecule has 28 heavy (non-hydrogen) atoms. The maximum absolute atomic E-state index is 13.5. The van der Waals surface area contributed by atoms with Crippen molar-refractivity contribution in [3.05, 3.63) is 54.6 Å². The number of nitrogens with two attached hydrogens (primary N) is 1. The van der Waals surface area contributed by atoms with Crippen LogP contribution in [0.5, 0.6) is 0 Å². The molecule has 0 radical (unpaired) electrons. The SMILES string of the molecule is C=CCc1nc(C(F)(F)CF)cn1-c1ccc(S(N)(=O)=O)cc1.CC=NCC. The molecule has 0 aliphatic carbocycles. The summed E-state index contributed by atoms with van der Waals surface area (Å²) in [4.78, 5) is 7.49. The summed E-state index contributed by atoms with van der Waals surface area (Å²) in [5.41, 5.74) is -0.310. The van der Waals surface area contributed by atoms with Crippen LogP contribution >= 0.6 is 0 Å².